The zero-order valence-electron chi connectivity index (χ0n) is 12.0. The molecular formula is C14H25N3S. The van der Waals surface area contributed by atoms with Crippen LogP contribution in [0.4, 0.5) is 0 Å². The Morgan fingerprint density at radius 1 is 1.56 bits per heavy atom. The molecule has 0 radical (unpaired) electrons. The first kappa shape index (κ1) is 14.0. The molecule has 1 unspecified atom stereocenters. The highest BCUT2D eigenvalue weighted by Crippen LogP contribution is 2.34. The molecule has 0 bridgehead atoms. The second-order valence-electron chi connectivity index (χ2n) is 5.69. The Kier molecular flexibility index (Phi) is 4.41. The van der Waals surface area contributed by atoms with Crippen LogP contribution in [0.15, 0.2) is 5.38 Å². The SMILES string of the molecule is CCNC1(c2nc(C(C)C)cs2)CCCN(C)C1. The standard InChI is InChI=1S/C14H25N3S/c1-5-15-14(7-6-8-17(4)10-14)13-16-12(9-18-13)11(2)3/h9,11,15H,5-8,10H2,1-4H3. The number of rotatable bonds is 4. The van der Waals surface area contributed by atoms with Gasteiger partial charge >= 0.3 is 0 Å². The van der Waals surface area contributed by atoms with Crippen LogP contribution in [-0.4, -0.2) is 36.6 Å². The van der Waals surface area contributed by atoms with E-state index in [-0.39, 0.29) is 5.54 Å². The van der Waals surface area contributed by atoms with E-state index in [2.05, 4.69) is 43.4 Å². The van der Waals surface area contributed by atoms with Gasteiger partial charge in [0, 0.05) is 11.9 Å². The highest BCUT2D eigenvalue weighted by atomic mass is 32.1. The molecule has 18 heavy (non-hydrogen) atoms. The largest absolute Gasteiger partial charge is 0.305 e. The van der Waals surface area contributed by atoms with Crippen LogP contribution in [0.2, 0.25) is 0 Å². The maximum absolute atomic E-state index is 4.89. The summed E-state index contributed by atoms with van der Waals surface area (Å²) in [5.74, 6) is 0.523. The topological polar surface area (TPSA) is 28.2 Å². The Balaban J connectivity index is 2.27. The summed E-state index contributed by atoms with van der Waals surface area (Å²) in [7, 11) is 2.21. The first-order valence-corrected chi connectivity index (χ1v) is 7.85. The minimum Gasteiger partial charge on any atom is -0.305 e. The number of thiazole rings is 1. The van der Waals surface area contributed by atoms with Crippen molar-refractivity contribution in [2.45, 2.75) is 45.1 Å². The van der Waals surface area contributed by atoms with Crippen molar-refractivity contribution in [3.05, 3.63) is 16.1 Å². The Morgan fingerprint density at radius 3 is 2.89 bits per heavy atom. The van der Waals surface area contributed by atoms with Crippen molar-refractivity contribution in [2.75, 3.05) is 26.7 Å². The van der Waals surface area contributed by atoms with Crippen molar-refractivity contribution in [2.24, 2.45) is 0 Å². The predicted molar refractivity (Wildman–Crippen MR) is 78.3 cm³/mol. The number of hydrogen-bond donors (Lipinski definition) is 1. The summed E-state index contributed by atoms with van der Waals surface area (Å²) in [6.45, 7) is 9.90. The lowest BCUT2D eigenvalue weighted by Gasteiger charge is -2.40. The third-order valence-electron chi connectivity index (χ3n) is 3.72. The summed E-state index contributed by atoms with van der Waals surface area (Å²) in [6.07, 6.45) is 2.45. The predicted octanol–water partition coefficient (Wildman–Crippen LogP) is 2.80. The summed E-state index contributed by atoms with van der Waals surface area (Å²) in [4.78, 5) is 7.31. The molecule has 1 aromatic rings. The number of likely N-dealkylation sites (N-methyl/N-ethyl adjacent to an activating group) is 2. The first-order chi connectivity index (χ1) is 8.57. The normalized spacial score (nSPS) is 25.8. The van der Waals surface area contributed by atoms with Crippen LogP contribution in [0, 0.1) is 0 Å². The second-order valence-corrected chi connectivity index (χ2v) is 6.54. The molecule has 0 aliphatic carbocycles. The molecular weight excluding hydrogens is 242 g/mol. The minimum atomic E-state index is 0.0829. The van der Waals surface area contributed by atoms with Gasteiger partial charge < -0.3 is 10.2 Å². The van der Waals surface area contributed by atoms with Crippen molar-refractivity contribution in [3.8, 4) is 0 Å². The molecule has 0 spiro atoms. The fraction of sp³-hybridized carbons (Fsp3) is 0.786. The van der Waals surface area contributed by atoms with Gasteiger partial charge in [-0.15, -0.1) is 11.3 Å². The van der Waals surface area contributed by atoms with Crippen molar-refractivity contribution in [1.82, 2.24) is 15.2 Å². The van der Waals surface area contributed by atoms with Crippen molar-refractivity contribution in [1.29, 1.82) is 0 Å². The van der Waals surface area contributed by atoms with Gasteiger partial charge in [0.2, 0.25) is 0 Å². The molecule has 1 aliphatic heterocycles. The zero-order valence-corrected chi connectivity index (χ0v) is 12.8. The molecule has 2 rings (SSSR count). The van der Waals surface area contributed by atoms with Gasteiger partial charge in [-0.3, -0.25) is 0 Å². The third-order valence-corrected chi connectivity index (χ3v) is 4.79. The van der Waals surface area contributed by atoms with E-state index in [0.717, 1.165) is 13.1 Å². The third kappa shape index (κ3) is 2.76. The average molecular weight is 267 g/mol. The number of piperidine rings is 1. The number of likely N-dealkylation sites (tertiary alicyclic amines) is 1. The van der Waals surface area contributed by atoms with Crippen LogP contribution in [0.5, 0.6) is 0 Å². The van der Waals surface area contributed by atoms with Gasteiger partial charge in [-0.1, -0.05) is 20.8 Å². The summed E-state index contributed by atoms with van der Waals surface area (Å²) >= 11 is 1.82. The van der Waals surface area contributed by atoms with Crippen LogP contribution in [0.3, 0.4) is 0 Å². The van der Waals surface area contributed by atoms with Crippen LogP contribution >= 0.6 is 11.3 Å². The lowest BCUT2D eigenvalue weighted by Crippen LogP contribution is -2.53. The van der Waals surface area contributed by atoms with Gasteiger partial charge in [-0.25, -0.2) is 4.98 Å². The smallest absolute Gasteiger partial charge is 0.114 e. The van der Waals surface area contributed by atoms with E-state index in [1.165, 1.54) is 30.1 Å². The van der Waals surface area contributed by atoms with E-state index in [9.17, 15) is 0 Å². The monoisotopic (exact) mass is 267 g/mol. The molecule has 1 fully saturated rings. The van der Waals surface area contributed by atoms with E-state index in [1.54, 1.807) is 0 Å². The molecule has 3 nitrogen and oxygen atoms in total. The van der Waals surface area contributed by atoms with E-state index < -0.39 is 0 Å². The highest BCUT2D eigenvalue weighted by Gasteiger charge is 2.37. The molecule has 0 saturated carbocycles. The average Bonchev–Trinajstić information content (AvgIpc) is 2.79. The van der Waals surface area contributed by atoms with E-state index in [1.807, 2.05) is 11.3 Å². The van der Waals surface area contributed by atoms with Gasteiger partial charge in [0.1, 0.15) is 5.01 Å². The van der Waals surface area contributed by atoms with Gasteiger partial charge in [0.15, 0.2) is 0 Å². The van der Waals surface area contributed by atoms with Crippen LogP contribution in [-0.2, 0) is 5.54 Å². The van der Waals surface area contributed by atoms with Gasteiger partial charge in [0.05, 0.1) is 11.2 Å². The molecule has 4 heteroatoms. The molecule has 1 aliphatic rings. The van der Waals surface area contributed by atoms with E-state index in [0.29, 0.717) is 5.92 Å². The van der Waals surface area contributed by atoms with Crippen molar-refractivity contribution in [3.63, 3.8) is 0 Å². The van der Waals surface area contributed by atoms with Crippen LogP contribution in [0.1, 0.15) is 50.2 Å². The molecule has 1 aromatic heterocycles. The lowest BCUT2D eigenvalue weighted by atomic mass is 9.89. The van der Waals surface area contributed by atoms with E-state index >= 15 is 0 Å². The number of nitrogens with one attached hydrogen (secondary N) is 1. The Labute approximate surface area is 115 Å². The van der Waals surface area contributed by atoms with Gasteiger partial charge in [0.25, 0.3) is 0 Å². The van der Waals surface area contributed by atoms with Crippen molar-refractivity contribution < 1.29 is 0 Å². The Hall–Kier alpha value is -0.450. The van der Waals surface area contributed by atoms with E-state index in [4.69, 9.17) is 4.98 Å². The molecule has 1 saturated heterocycles. The fourth-order valence-electron chi connectivity index (χ4n) is 2.77. The molecule has 1 atom stereocenters. The summed E-state index contributed by atoms with van der Waals surface area (Å²) < 4.78 is 0. The number of aromatic nitrogens is 1. The summed E-state index contributed by atoms with van der Waals surface area (Å²) in [6, 6.07) is 0. The second kappa shape index (κ2) is 5.68. The lowest BCUT2D eigenvalue weighted by molar-refractivity contribution is 0.145. The molecule has 0 amide bonds. The Morgan fingerprint density at radius 2 is 2.33 bits per heavy atom. The minimum absolute atomic E-state index is 0.0829. The van der Waals surface area contributed by atoms with Crippen molar-refractivity contribution >= 4 is 11.3 Å². The zero-order chi connectivity index (χ0) is 13.2. The molecule has 2 heterocycles. The first-order valence-electron chi connectivity index (χ1n) is 6.97. The quantitative estimate of drug-likeness (QED) is 0.909. The number of hydrogen-bond acceptors (Lipinski definition) is 4. The van der Waals surface area contributed by atoms with Crippen LogP contribution in [0.25, 0.3) is 0 Å². The molecule has 102 valence electrons. The van der Waals surface area contributed by atoms with Gasteiger partial charge in [-0.05, 0) is 38.9 Å². The summed E-state index contributed by atoms with van der Waals surface area (Å²) in [5.41, 5.74) is 1.32. The Bertz CT molecular complexity index is 384. The molecule has 0 aromatic carbocycles. The fourth-order valence-corrected chi connectivity index (χ4v) is 3.95. The van der Waals surface area contributed by atoms with Gasteiger partial charge in [-0.2, -0.15) is 0 Å². The molecule has 1 N–H and O–H groups in total. The maximum Gasteiger partial charge on any atom is 0.114 e. The number of nitrogens with zero attached hydrogens (tertiary/aromatic N) is 2. The highest BCUT2D eigenvalue weighted by molar-refractivity contribution is 7.09. The van der Waals surface area contributed by atoms with Crippen LogP contribution < -0.4 is 5.32 Å². The summed E-state index contributed by atoms with van der Waals surface area (Å²) in [5, 5.41) is 7.21. The maximum atomic E-state index is 4.89.